The molecule has 0 amide bonds. The highest BCUT2D eigenvalue weighted by Crippen LogP contribution is 2.09. The molecule has 0 heterocycles. The van der Waals surface area contributed by atoms with Crippen molar-refractivity contribution in [2.24, 2.45) is 0 Å². The molecule has 0 aromatic heterocycles. The van der Waals surface area contributed by atoms with E-state index in [1.165, 1.54) is 0 Å². The average Bonchev–Trinajstić information content (AvgIpc) is 2.17. The van der Waals surface area contributed by atoms with E-state index >= 15 is 0 Å². The number of hydrogen-bond donors (Lipinski definition) is 1. The third-order valence-electron chi connectivity index (χ3n) is 2.32. The van der Waals surface area contributed by atoms with Crippen LogP contribution in [-0.4, -0.2) is 35.7 Å². The summed E-state index contributed by atoms with van der Waals surface area (Å²) in [6, 6.07) is 0.0321. The Labute approximate surface area is 93.6 Å². The van der Waals surface area contributed by atoms with Crippen LogP contribution in [0, 0.1) is 0 Å². The third-order valence-corrected chi connectivity index (χ3v) is 2.32. The van der Waals surface area contributed by atoms with Gasteiger partial charge in [0.15, 0.2) is 0 Å². The Kier molecular flexibility index (Phi) is 7.01. The molecule has 1 N–H and O–H groups in total. The summed E-state index contributed by atoms with van der Waals surface area (Å²) >= 11 is 0. The van der Waals surface area contributed by atoms with E-state index in [4.69, 9.17) is 0 Å². The summed E-state index contributed by atoms with van der Waals surface area (Å²) in [6.07, 6.45) is 6.19. The maximum absolute atomic E-state index is 9.87. The van der Waals surface area contributed by atoms with E-state index < -0.39 is 0 Å². The molecule has 86 valence electrons. The molecule has 2 heteroatoms. The highest BCUT2D eigenvalue weighted by atomic mass is 16.3. The van der Waals surface area contributed by atoms with Crippen molar-refractivity contribution in [3.8, 4) is 0 Å². The average molecular weight is 209 g/mol. The van der Waals surface area contributed by atoms with E-state index in [-0.39, 0.29) is 12.1 Å². The van der Waals surface area contributed by atoms with Crippen molar-refractivity contribution >= 4 is 0 Å². The summed E-state index contributed by atoms with van der Waals surface area (Å²) in [4.78, 5) is 2.07. The quantitative estimate of drug-likeness (QED) is 0.514. The Bertz CT molecular complexity index is 233. The first-order valence-electron chi connectivity index (χ1n) is 5.35. The molecule has 2 nitrogen and oxygen atoms in total. The van der Waals surface area contributed by atoms with Crippen LogP contribution in [0.3, 0.4) is 0 Å². The van der Waals surface area contributed by atoms with Gasteiger partial charge in [-0.1, -0.05) is 37.3 Å². The van der Waals surface area contributed by atoms with Crippen LogP contribution in [0.2, 0.25) is 0 Å². The van der Waals surface area contributed by atoms with Crippen LogP contribution in [-0.2, 0) is 0 Å². The molecule has 0 aliphatic rings. The summed E-state index contributed by atoms with van der Waals surface area (Å²) in [5.41, 5.74) is 0.996. The van der Waals surface area contributed by atoms with Gasteiger partial charge in [-0.25, -0.2) is 0 Å². The smallest absolute Gasteiger partial charge is 0.0728 e. The van der Waals surface area contributed by atoms with Crippen molar-refractivity contribution in [1.29, 1.82) is 0 Å². The lowest BCUT2D eigenvalue weighted by atomic mass is 10.1. The molecule has 0 radical (unpaired) electrons. The second-order valence-electron chi connectivity index (χ2n) is 3.90. The fourth-order valence-corrected chi connectivity index (χ4v) is 1.40. The summed E-state index contributed by atoms with van der Waals surface area (Å²) in [5.74, 6) is 0. The van der Waals surface area contributed by atoms with Gasteiger partial charge in [0.2, 0.25) is 0 Å². The summed E-state index contributed by atoms with van der Waals surface area (Å²) in [6.45, 7) is 12.2. The molecule has 0 spiro atoms. The van der Waals surface area contributed by atoms with Crippen molar-refractivity contribution in [1.82, 2.24) is 4.90 Å². The lowest BCUT2D eigenvalue weighted by Crippen LogP contribution is -2.39. The number of allylic oxidation sites excluding steroid dienone is 2. The fourth-order valence-electron chi connectivity index (χ4n) is 1.40. The number of likely N-dealkylation sites (N-methyl/N-ethyl adjacent to an activating group) is 1. The Morgan fingerprint density at radius 2 is 2.13 bits per heavy atom. The Balaban J connectivity index is 4.56. The van der Waals surface area contributed by atoms with Crippen LogP contribution >= 0.6 is 0 Å². The minimum absolute atomic E-state index is 0.0321. The van der Waals surface area contributed by atoms with Crippen LogP contribution < -0.4 is 0 Å². The van der Waals surface area contributed by atoms with Gasteiger partial charge in [-0.05, 0) is 20.4 Å². The highest BCUT2D eigenvalue weighted by molar-refractivity contribution is 5.14. The number of hydrogen-bond acceptors (Lipinski definition) is 2. The molecule has 0 saturated carbocycles. The van der Waals surface area contributed by atoms with Crippen LogP contribution in [0.4, 0.5) is 0 Å². The van der Waals surface area contributed by atoms with Gasteiger partial charge in [0, 0.05) is 6.54 Å². The van der Waals surface area contributed by atoms with E-state index in [2.05, 4.69) is 18.1 Å². The first kappa shape index (κ1) is 14.1. The molecule has 15 heavy (non-hydrogen) atoms. The van der Waals surface area contributed by atoms with Gasteiger partial charge in [-0.15, -0.1) is 6.58 Å². The maximum atomic E-state index is 9.87. The van der Waals surface area contributed by atoms with Crippen LogP contribution in [0.25, 0.3) is 0 Å². The number of aliphatic hydroxyl groups is 1. The molecule has 0 bridgehead atoms. The van der Waals surface area contributed by atoms with Gasteiger partial charge < -0.3 is 5.11 Å². The molecule has 0 unspecified atom stereocenters. The first-order chi connectivity index (χ1) is 7.02. The molecule has 2 atom stereocenters. The van der Waals surface area contributed by atoms with Crippen LogP contribution in [0.15, 0.2) is 37.0 Å². The van der Waals surface area contributed by atoms with Gasteiger partial charge in [0.25, 0.3) is 0 Å². The minimum Gasteiger partial charge on any atom is -0.391 e. The topological polar surface area (TPSA) is 23.5 Å². The number of nitrogens with zero attached hydrogens (tertiary/aromatic N) is 1. The van der Waals surface area contributed by atoms with Crippen molar-refractivity contribution in [3.63, 3.8) is 0 Å². The molecule has 0 aliphatic heterocycles. The largest absolute Gasteiger partial charge is 0.391 e. The molecular weight excluding hydrogens is 186 g/mol. The van der Waals surface area contributed by atoms with E-state index in [1.54, 1.807) is 0 Å². The molecule has 0 aromatic carbocycles. The zero-order chi connectivity index (χ0) is 11.8. The van der Waals surface area contributed by atoms with Crippen LogP contribution in [0.5, 0.6) is 0 Å². The van der Waals surface area contributed by atoms with Crippen molar-refractivity contribution in [3.05, 3.63) is 37.0 Å². The van der Waals surface area contributed by atoms with Gasteiger partial charge in [0.1, 0.15) is 0 Å². The first-order valence-corrected chi connectivity index (χ1v) is 5.35. The lowest BCUT2D eigenvalue weighted by molar-refractivity contribution is 0.0904. The van der Waals surface area contributed by atoms with Crippen LogP contribution in [0.1, 0.15) is 20.3 Å². The number of aliphatic hydroxyl groups excluding tert-OH is 1. The summed E-state index contributed by atoms with van der Waals surface area (Å²) in [5, 5.41) is 9.87. The van der Waals surface area contributed by atoms with Crippen molar-refractivity contribution in [2.45, 2.75) is 32.4 Å². The van der Waals surface area contributed by atoms with E-state index in [9.17, 15) is 5.11 Å². The zero-order valence-electron chi connectivity index (χ0n) is 10.1. The van der Waals surface area contributed by atoms with Gasteiger partial charge in [-0.3, -0.25) is 4.90 Å². The molecule has 0 aromatic rings. The third kappa shape index (κ3) is 5.55. The monoisotopic (exact) mass is 209 g/mol. The van der Waals surface area contributed by atoms with E-state index in [0.717, 1.165) is 18.5 Å². The van der Waals surface area contributed by atoms with E-state index in [1.807, 2.05) is 39.1 Å². The molecule has 0 saturated heterocycles. The second-order valence-corrected chi connectivity index (χ2v) is 3.90. The highest BCUT2D eigenvalue weighted by Gasteiger charge is 2.18. The fraction of sp³-hybridized carbons (Fsp3) is 0.538. The predicted octanol–water partition coefficient (Wildman–Crippen LogP) is 2.38. The van der Waals surface area contributed by atoms with Gasteiger partial charge in [0.05, 0.1) is 12.1 Å². The van der Waals surface area contributed by atoms with E-state index in [0.29, 0.717) is 0 Å². The second kappa shape index (κ2) is 7.43. The molecule has 0 aliphatic carbocycles. The van der Waals surface area contributed by atoms with Crippen molar-refractivity contribution < 1.29 is 5.11 Å². The predicted molar refractivity (Wildman–Crippen MR) is 66.9 cm³/mol. The molecule has 0 fully saturated rings. The summed E-state index contributed by atoms with van der Waals surface area (Å²) in [7, 11) is 1.98. The Morgan fingerprint density at radius 1 is 1.53 bits per heavy atom. The van der Waals surface area contributed by atoms with Gasteiger partial charge in [-0.2, -0.15) is 0 Å². The number of rotatable bonds is 7. The van der Waals surface area contributed by atoms with Crippen molar-refractivity contribution in [2.75, 3.05) is 13.6 Å². The SMILES string of the molecule is C=CCN(C)[C@H](/C=C/C(=C)C)[C@@H](O)CC. The minimum atomic E-state index is -0.342. The summed E-state index contributed by atoms with van der Waals surface area (Å²) < 4.78 is 0. The maximum Gasteiger partial charge on any atom is 0.0728 e. The zero-order valence-corrected chi connectivity index (χ0v) is 10.1. The lowest BCUT2D eigenvalue weighted by Gasteiger charge is -2.28. The Hall–Kier alpha value is -0.860. The standard InChI is InChI=1S/C13H23NO/c1-6-10-14(5)12(13(15)7-2)9-8-11(3)4/h6,8-9,12-13,15H,1,3,7,10H2,2,4-5H3/b9-8+/t12-,13+/m1/s1. The molecular formula is C13H23NO. The van der Waals surface area contributed by atoms with Gasteiger partial charge >= 0.3 is 0 Å². The Morgan fingerprint density at radius 3 is 2.53 bits per heavy atom. The normalized spacial score (nSPS) is 15.5. The molecule has 0 rings (SSSR count).